The van der Waals surface area contributed by atoms with Gasteiger partial charge in [0, 0.05) is 34.1 Å². The monoisotopic (exact) mass is 1570 g/mol. The van der Waals surface area contributed by atoms with Gasteiger partial charge >= 0.3 is 5.97 Å². The number of carboxylic acid groups (broad SMARTS) is 1. The molecule has 41 atom stereocenters. The van der Waals surface area contributed by atoms with E-state index in [1.807, 2.05) is 0 Å². The molecule has 8 heterocycles. The van der Waals surface area contributed by atoms with Crippen molar-refractivity contribution < 1.29 is 218 Å². The number of hydrogen-bond donors (Lipinski definition) is 28. The van der Waals surface area contributed by atoms with Crippen LogP contribution in [0.3, 0.4) is 0 Å². The Morgan fingerprint density at radius 2 is 0.757 bits per heavy atom. The van der Waals surface area contributed by atoms with Gasteiger partial charge in [-0.3, -0.25) is 19.2 Å². The molecule has 4 amide bonds. The van der Waals surface area contributed by atoms with Gasteiger partial charge in [-0.15, -0.1) is 0 Å². The highest BCUT2D eigenvalue weighted by Crippen LogP contribution is 2.40. The predicted molar refractivity (Wildman–Crippen MR) is 328 cm³/mol. The molecule has 8 saturated heterocycles. The summed E-state index contributed by atoms with van der Waals surface area (Å²) in [6.45, 7) is -5.01. The molecule has 0 aliphatic carbocycles. The van der Waals surface area contributed by atoms with Crippen LogP contribution in [0.2, 0.25) is 0 Å². The van der Waals surface area contributed by atoms with Crippen LogP contribution in [0.1, 0.15) is 34.1 Å². The van der Waals surface area contributed by atoms with E-state index < -0.39 is 340 Å². The van der Waals surface area contributed by atoms with Gasteiger partial charge in [-0.25, -0.2) is 4.79 Å². The summed E-state index contributed by atoms with van der Waals surface area (Å²) in [5.41, 5.74) is 0. The molecule has 0 aromatic heterocycles. The van der Waals surface area contributed by atoms with Crippen LogP contribution in [0, 0.1) is 0 Å². The smallest absolute Gasteiger partial charge is 0.364 e. The van der Waals surface area contributed by atoms with Gasteiger partial charge in [-0.05, 0) is 0 Å². The Morgan fingerprint density at radius 3 is 1.23 bits per heavy atom. The Kier molecular flexibility index (Phi) is 31.5. The van der Waals surface area contributed by atoms with Crippen molar-refractivity contribution >= 4 is 29.6 Å². The third-order valence-corrected chi connectivity index (χ3v) is 19.2. The lowest BCUT2D eigenvalue weighted by Crippen LogP contribution is -2.71. The molecule has 8 aliphatic heterocycles. The number of aliphatic hydroxyl groups is 23. The molecule has 618 valence electrons. The average molecular weight is 1570 g/mol. The fourth-order valence-electron chi connectivity index (χ4n) is 13.6. The van der Waals surface area contributed by atoms with E-state index in [-0.39, 0.29) is 0 Å². The van der Waals surface area contributed by atoms with Crippen molar-refractivity contribution in [1.29, 1.82) is 0 Å². The molecular weight excluding hydrogens is 1470 g/mol. The van der Waals surface area contributed by atoms with Crippen molar-refractivity contribution in [2.24, 2.45) is 0 Å². The van der Waals surface area contributed by atoms with Gasteiger partial charge in [0.05, 0.1) is 65.0 Å². The van der Waals surface area contributed by atoms with Crippen LogP contribution >= 0.6 is 0 Å². The van der Waals surface area contributed by atoms with Gasteiger partial charge in [0.1, 0.15) is 189 Å². The zero-order valence-electron chi connectivity index (χ0n) is 57.4. The second-order valence-corrected chi connectivity index (χ2v) is 26.8. The lowest BCUT2D eigenvalue weighted by atomic mass is 9.88. The number of carbonyl (C=O) groups is 5. The largest absolute Gasteiger partial charge is 0.477 e. The number of ether oxygens (including phenoxy) is 15. The minimum atomic E-state index is -3.06. The first kappa shape index (κ1) is 88.4. The van der Waals surface area contributed by atoms with Gasteiger partial charge < -0.3 is 215 Å². The molecule has 28 N–H and O–H groups in total. The van der Waals surface area contributed by atoms with Crippen LogP contribution < -0.4 is 21.3 Å². The van der Waals surface area contributed by atoms with Gasteiger partial charge in [-0.1, -0.05) is 0 Å². The number of rotatable bonds is 29. The van der Waals surface area contributed by atoms with Crippen LogP contribution in [0.25, 0.3) is 0 Å². The molecule has 8 fully saturated rings. The standard InChI is InChI=1S/C59H98N4O44/c1-14(70)60-27-18(74)5-59(58(91)92,107-48(27)31(76)19(75)6-64)94-13-26-34(79)40(85)43(88)55(101-26)103-46-23(10-68)99-53(30(38(46)83)63-17(4)73)106-50-41(86)33(78)21(8-66)97-57(50)105-49-35(80)25(12-93-54-42(87)39(84)32(77)20(7-65)96-54)100-56(44(49)89)104-47-24(11-69)98-52(29(37(47)82)62-16(3)72)102-45-22(9-67)95-51(90)28(36(45)81)61-15(2)71/h18-57,64-69,74-90H,5-13H2,1-4H3,(H,60,70)(H,61,71)(H,62,72)(H,63,73)(H,91,92)/t18-,19+,20+,21+,22+,23+,24+,25+,26+,27+,28+,29+,30+,31+,32+,33+,34-,35+,36+,37+,38+,39-,40-,41-,42-,43+,44-,45+,46+,47+,48+,49-,50-,51?,52?,53?,54?,55?,56?,57?,59?/m0/s1. The van der Waals surface area contributed by atoms with Crippen molar-refractivity contribution in [3.8, 4) is 0 Å². The summed E-state index contributed by atoms with van der Waals surface area (Å²) in [6, 6.07) is -7.18. The van der Waals surface area contributed by atoms with E-state index >= 15 is 0 Å². The van der Waals surface area contributed by atoms with Crippen LogP contribution in [0.4, 0.5) is 0 Å². The number of nitrogens with one attached hydrogen (secondary N) is 4. The van der Waals surface area contributed by atoms with E-state index in [2.05, 4.69) is 21.3 Å². The van der Waals surface area contributed by atoms with Crippen molar-refractivity contribution in [2.75, 3.05) is 52.9 Å². The molecular formula is C59H98N4O44. The van der Waals surface area contributed by atoms with Crippen molar-refractivity contribution in [3.05, 3.63) is 0 Å². The highest BCUT2D eigenvalue weighted by Gasteiger charge is 2.61. The summed E-state index contributed by atoms with van der Waals surface area (Å²) in [6.07, 6.45) is -77.0. The molecule has 107 heavy (non-hydrogen) atoms. The first-order valence-electron chi connectivity index (χ1n) is 33.7. The van der Waals surface area contributed by atoms with Crippen LogP contribution in [0.5, 0.6) is 0 Å². The van der Waals surface area contributed by atoms with Crippen LogP contribution in [0.15, 0.2) is 0 Å². The van der Waals surface area contributed by atoms with E-state index in [0.717, 1.165) is 27.7 Å². The van der Waals surface area contributed by atoms with Gasteiger partial charge in [0.15, 0.2) is 44.0 Å². The first-order valence-corrected chi connectivity index (χ1v) is 33.7. The molecule has 0 aromatic rings. The lowest BCUT2D eigenvalue weighted by molar-refractivity contribution is -0.397. The number of aliphatic hydroxyl groups excluding tert-OH is 23. The van der Waals surface area contributed by atoms with E-state index in [9.17, 15) is 147 Å². The SMILES string of the molecule is CC(=O)N[C@H]1[C@H]([C@H](O)[C@H](O)CO)OC(OC[C@H]2OC(O[C@H]3[C@H](O)[C@@H](NC(C)=O)C(O[C@@H]4C(O[C@H]5[C@H](O)[C@@H](COC6O[C@H](CO)[C@@H](O)[C@H](O)[C@@H]6O)OC(O[C@H]6[C@H](O)[C@@H](NC(C)=O)C(O[C@H]7[C@H](O)[C@@H](NC(C)=O)C(O)O[C@@H]7CO)O[C@@H]6CO)[C@H]5O)O[C@H](CO)[C@@H](O)[C@@H]4O)O[C@@H]3CO)[C@H](O)[C@@H](O)[C@H]2O)(C(=O)O)C[C@@H]1O. The quantitative estimate of drug-likeness (QED) is 0.0331. The normalized spacial score (nSPS) is 46.9. The van der Waals surface area contributed by atoms with Gasteiger partial charge in [0.25, 0.3) is 5.79 Å². The Morgan fingerprint density at radius 1 is 0.383 bits per heavy atom. The van der Waals surface area contributed by atoms with Gasteiger partial charge in [0.2, 0.25) is 23.6 Å². The number of aliphatic carboxylic acids is 1. The van der Waals surface area contributed by atoms with Crippen molar-refractivity contribution in [3.63, 3.8) is 0 Å². The third kappa shape index (κ3) is 19.7. The summed E-state index contributed by atoms with van der Waals surface area (Å²) < 4.78 is 87.5. The third-order valence-electron chi connectivity index (χ3n) is 19.2. The highest BCUT2D eigenvalue weighted by molar-refractivity contribution is 5.77. The zero-order chi connectivity index (χ0) is 79.3. The average Bonchev–Trinajstić information content (AvgIpc) is 0.752. The maximum atomic E-state index is 13.0. The Labute approximate surface area is 605 Å². The lowest BCUT2D eigenvalue weighted by Gasteiger charge is -2.51. The number of hydrogen-bond acceptors (Lipinski definition) is 43. The molecule has 48 nitrogen and oxygen atoms in total. The van der Waals surface area contributed by atoms with Crippen molar-refractivity contribution in [2.45, 2.75) is 285 Å². The Hall–Kier alpha value is -4.17. The van der Waals surface area contributed by atoms with Gasteiger partial charge in [-0.2, -0.15) is 0 Å². The first-order chi connectivity index (χ1) is 50.4. The summed E-state index contributed by atoms with van der Waals surface area (Å²) in [5.74, 6) is -8.61. The van der Waals surface area contributed by atoms with Crippen LogP contribution in [-0.2, 0) is 95.0 Å². The second-order valence-electron chi connectivity index (χ2n) is 26.8. The molecule has 0 aromatic carbocycles. The minimum Gasteiger partial charge on any atom is -0.477 e. The summed E-state index contributed by atoms with van der Waals surface area (Å²) >= 11 is 0. The zero-order valence-corrected chi connectivity index (χ0v) is 57.4. The fraction of sp³-hybridized carbons (Fsp3) is 0.915. The predicted octanol–water partition coefficient (Wildman–Crippen LogP) is -18.7. The van der Waals surface area contributed by atoms with Crippen molar-refractivity contribution in [1.82, 2.24) is 21.3 Å². The minimum absolute atomic E-state index is 0.769. The van der Waals surface area contributed by atoms with E-state index in [1.165, 1.54) is 0 Å². The fourth-order valence-corrected chi connectivity index (χ4v) is 13.6. The molecule has 0 spiro atoms. The summed E-state index contributed by atoms with van der Waals surface area (Å²) in [4.78, 5) is 62.9. The van der Waals surface area contributed by atoms with Crippen LogP contribution in [-0.4, -0.2) is 456 Å². The number of carboxylic acids is 1. The maximum absolute atomic E-state index is 13.0. The maximum Gasteiger partial charge on any atom is 0.364 e. The summed E-state index contributed by atoms with van der Waals surface area (Å²) in [7, 11) is 0. The highest BCUT2D eigenvalue weighted by atomic mass is 16.8. The van der Waals surface area contributed by atoms with E-state index in [4.69, 9.17) is 71.1 Å². The Balaban J connectivity index is 1.06. The van der Waals surface area contributed by atoms with E-state index in [1.54, 1.807) is 0 Å². The summed E-state index contributed by atoms with van der Waals surface area (Å²) in [5, 5.41) is 273. The molecule has 0 radical (unpaired) electrons. The molecule has 0 saturated carbocycles. The second kappa shape index (κ2) is 38.1. The number of carbonyl (C=O) groups excluding carboxylic acids is 4. The Bertz CT molecular complexity index is 2870. The molecule has 0 bridgehead atoms. The van der Waals surface area contributed by atoms with E-state index in [0.29, 0.717) is 0 Å². The molecule has 48 heteroatoms. The molecule has 8 aliphatic rings. The number of amides is 4. The molecule has 8 rings (SSSR count). The topological polar surface area (TPSA) is 757 Å². The molecule has 8 unspecified atom stereocenters.